The van der Waals surface area contributed by atoms with Gasteiger partial charge in [-0.25, -0.2) is 4.57 Å². The second kappa shape index (κ2) is 13.8. The summed E-state index contributed by atoms with van der Waals surface area (Å²) in [5.74, 6) is 0. The smallest absolute Gasteiger partial charge is 0.302 e. The van der Waals surface area contributed by atoms with Gasteiger partial charge in [-0.05, 0) is 19.8 Å². The predicted octanol–water partition coefficient (Wildman–Crippen LogP) is 5.84. The van der Waals surface area contributed by atoms with Crippen LogP contribution in [0.3, 0.4) is 0 Å². The van der Waals surface area contributed by atoms with Crippen molar-refractivity contribution in [2.45, 2.75) is 97.5 Å². The molecule has 0 fully saturated rings. The average Bonchev–Trinajstić information content (AvgIpc) is 2.44. The van der Waals surface area contributed by atoms with Crippen molar-refractivity contribution in [3.63, 3.8) is 0 Å². The van der Waals surface area contributed by atoms with E-state index in [1.54, 1.807) is 6.92 Å². The van der Waals surface area contributed by atoms with Crippen molar-refractivity contribution < 1.29 is 18.5 Å². The van der Waals surface area contributed by atoms with Crippen LogP contribution in [0, 0.1) is 0 Å². The zero-order valence-electron chi connectivity index (χ0n) is 14.2. The lowest BCUT2D eigenvalue weighted by atomic mass is 10.1. The average molecular weight is 322 g/mol. The molecule has 128 valence electrons. The lowest BCUT2D eigenvalue weighted by molar-refractivity contribution is 0.109. The Labute approximate surface area is 131 Å². The van der Waals surface area contributed by atoms with Crippen LogP contribution in [0.4, 0.5) is 0 Å². The minimum absolute atomic E-state index is 0.242. The van der Waals surface area contributed by atoms with Crippen molar-refractivity contribution in [3.05, 3.63) is 0 Å². The van der Waals surface area contributed by atoms with Gasteiger partial charge in [0.15, 0.2) is 0 Å². The van der Waals surface area contributed by atoms with Crippen molar-refractivity contribution in [1.82, 2.24) is 0 Å². The summed E-state index contributed by atoms with van der Waals surface area (Å²) in [6, 6.07) is 0. The van der Waals surface area contributed by atoms with Crippen LogP contribution >= 0.6 is 7.82 Å². The fraction of sp³-hybridized carbons (Fsp3) is 1.00. The van der Waals surface area contributed by atoms with Crippen molar-refractivity contribution >= 4 is 7.82 Å². The molecule has 0 rings (SSSR count). The van der Waals surface area contributed by atoms with Crippen LogP contribution in [0.5, 0.6) is 0 Å². The molecule has 0 heterocycles. The second-order valence-corrected chi connectivity index (χ2v) is 7.21. The molecule has 0 aromatic carbocycles. The van der Waals surface area contributed by atoms with Crippen molar-refractivity contribution in [3.8, 4) is 0 Å². The van der Waals surface area contributed by atoms with E-state index in [1.807, 2.05) is 6.92 Å². The van der Waals surface area contributed by atoms with Crippen molar-refractivity contribution in [2.75, 3.05) is 6.61 Å². The molecule has 1 N–H and O–H groups in total. The third kappa shape index (κ3) is 14.8. The van der Waals surface area contributed by atoms with Crippen molar-refractivity contribution in [2.24, 2.45) is 0 Å². The van der Waals surface area contributed by atoms with Gasteiger partial charge in [0.05, 0.1) is 12.7 Å². The van der Waals surface area contributed by atoms with Gasteiger partial charge in [-0.3, -0.25) is 9.05 Å². The molecule has 0 bridgehead atoms. The molecule has 4 nitrogen and oxygen atoms in total. The second-order valence-electron chi connectivity index (χ2n) is 5.81. The fourth-order valence-corrected chi connectivity index (χ4v) is 3.13. The van der Waals surface area contributed by atoms with E-state index in [2.05, 4.69) is 6.92 Å². The molecule has 0 aliphatic heterocycles. The Morgan fingerprint density at radius 3 is 1.86 bits per heavy atom. The van der Waals surface area contributed by atoms with E-state index in [4.69, 9.17) is 9.05 Å². The molecule has 21 heavy (non-hydrogen) atoms. The molecular weight excluding hydrogens is 287 g/mol. The molecule has 0 aliphatic rings. The maximum absolute atomic E-state index is 11.6. The molecule has 5 heteroatoms. The summed E-state index contributed by atoms with van der Waals surface area (Å²) in [6.07, 6.45) is 12.8. The van der Waals surface area contributed by atoms with Gasteiger partial charge in [0, 0.05) is 0 Å². The number of hydrogen-bond donors (Lipinski definition) is 1. The number of phosphoric ester groups is 1. The van der Waals surface area contributed by atoms with Crippen LogP contribution < -0.4 is 0 Å². The Morgan fingerprint density at radius 2 is 1.38 bits per heavy atom. The quantitative estimate of drug-likeness (QED) is 0.304. The van der Waals surface area contributed by atoms with E-state index in [-0.39, 0.29) is 6.10 Å². The topological polar surface area (TPSA) is 55.8 Å². The lowest BCUT2D eigenvalue weighted by Crippen LogP contribution is -2.06. The monoisotopic (exact) mass is 322 g/mol. The van der Waals surface area contributed by atoms with Gasteiger partial charge in [-0.2, -0.15) is 0 Å². The molecule has 0 saturated carbocycles. The Balaban J connectivity index is 3.33. The highest BCUT2D eigenvalue weighted by Gasteiger charge is 2.23. The Kier molecular flexibility index (Phi) is 13.8. The highest BCUT2D eigenvalue weighted by atomic mass is 31.2. The Morgan fingerprint density at radius 1 is 0.905 bits per heavy atom. The van der Waals surface area contributed by atoms with E-state index in [0.717, 1.165) is 12.8 Å². The van der Waals surface area contributed by atoms with E-state index >= 15 is 0 Å². The predicted molar refractivity (Wildman–Crippen MR) is 88.5 cm³/mol. The summed E-state index contributed by atoms with van der Waals surface area (Å²) in [5, 5.41) is 0. The molecule has 2 unspecified atom stereocenters. The van der Waals surface area contributed by atoms with Gasteiger partial charge in [0.25, 0.3) is 0 Å². The molecular formula is C16H35O4P. The summed E-state index contributed by atoms with van der Waals surface area (Å²) >= 11 is 0. The highest BCUT2D eigenvalue weighted by Crippen LogP contribution is 2.45. The number of rotatable bonds is 15. The standard InChI is InChI=1S/C16H35O4P/c1-4-6-7-8-9-10-11-12-13-14-15-19-21(17,18)20-16(3)5-2/h16H,4-15H2,1-3H3,(H,17,18). The Bertz CT molecular complexity index is 271. The normalized spacial score (nSPS) is 15.8. The molecule has 0 aliphatic carbocycles. The van der Waals surface area contributed by atoms with Gasteiger partial charge in [0.2, 0.25) is 0 Å². The zero-order chi connectivity index (χ0) is 16.0. The van der Waals surface area contributed by atoms with Gasteiger partial charge in [0.1, 0.15) is 0 Å². The first-order valence-corrected chi connectivity index (χ1v) is 10.2. The van der Waals surface area contributed by atoms with Crippen LogP contribution in [0.1, 0.15) is 91.4 Å². The van der Waals surface area contributed by atoms with E-state index < -0.39 is 7.82 Å². The number of hydrogen-bond acceptors (Lipinski definition) is 3. The lowest BCUT2D eigenvalue weighted by Gasteiger charge is -2.16. The minimum atomic E-state index is -3.84. The molecule has 0 aromatic rings. The van der Waals surface area contributed by atoms with Crippen LogP contribution in [-0.4, -0.2) is 17.6 Å². The fourth-order valence-electron chi connectivity index (χ4n) is 2.10. The molecule has 0 amide bonds. The summed E-state index contributed by atoms with van der Waals surface area (Å²) in [6.45, 7) is 6.22. The minimum Gasteiger partial charge on any atom is -0.302 e. The van der Waals surface area contributed by atoms with Crippen molar-refractivity contribution in [1.29, 1.82) is 0 Å². The summed E-state index contributed by atoms with van der Waals surface area (Å²) in [4.78, 5) is 9.47. The number of phosphoric acid groups is 1. The molecule has 2 atom stereocenters. The summed E-state index contributed by atoms with van der Waals surface area (Å²) in [5.41, 5.74) is 0. The summed E-state index contributed by atoms with van der Waals surface area (Å²) in [7, 11) is -3.84. The summed E-state index contributed by atoms with van der Waals surface area (Å²) < 4.78 is 21.5. The van der Waals surface area contributed by atoms with Gasteiger partial charge in [-0.15, -0.1) is 0 Å². The maximum atomic E-state index is 11.6. The van der Waals surface area contributed by atoms with E-state index in [1.165, 1.54) is 51.4 Å². The first kappa shape index (κ1) is 21.1. The van der Waals surface area contributed by atoms with Crippen LogP contribution in [-0.2, 0) is 13.6 Å². The SMILES string of the molecule is CCCCCCCCCCCCOP(=O)(O)OC(C)CC. The van der Waals surface area contributed by atoms with E-state index in [0.29, 0.717) is 13.0 Å². The first-order chi connectivity index (χ1) is 10.0. The highest BCUT2D eigenvalue weighted by molar-refractivity contribution is 7.47. The Hall–Kier alpha value is 0.110. The molecule has 0 aromatic heterocycles. The van der Waals surface area contributed by atoms with Crippen LogP contribution in [0.25, 0.3) is 0 Å². The van der Waals surface area contributed by atoms with E-state index in [9.17, 15) is 9.46 Å². The van der Waals surface area contributed by atoms with Crippen LogP contribution in [0.2, 0.25) is 0 Å². The first-order valence-electron chi connectivity index (χ1n) is 8.67. The number of unbranched alkanes of at least 4 members (excludes halogenated alkanes) is 9. The third-order valence-corrected chi connectivity index (χ3v) is 4.78. The van der Waals surface area contributed by atoms with Gasteiger partial charge in [-0.1, -0.05) is 71.6 Å². The molecule has 0 spiro atoms. The molecule has 0 saturated heterocycles. The zero-order valence-corrected chi connectivity index (χ0v) is 15.1. The molecule has 0 radical (unpaired) electrons. The maximum Gasteiger partial charge on any atom is 0.472 e. The van der Waals surface area contributed by atoms with Gasteiger partial charge < -0.3 is 4.89 Å². The van der Waals surface area contributed by atoms with Gasteiger partial charge >= 0.3 is 7.82 Å². The largest absolute Gasteiger partial charge is 0.472 e. The third-order valence-electron chi connectivity index (χ3n) is 3.64. The van der Waals surface area contributed by atoms with Crippen LogP contribution in [0.15, 0.2) is 0 Å².